The van der Waals surface area contributed by atoms with E-state index in [1.54, 1.807) is 36.6 Å². The molecule has 12 heteroatoms. The molecule has 6 heterocycles. The summed E-state index contributed by atoms with van der Waals surface area (Å²) in [7, 11) is 0. The Kier molecular flexibility index (Phi) is 6.87. The lowest BCUT2D eigenvalue weighted by Gasteiger charge is -2.24. The number of H-pyrrole nitrogens is 2. The van der Waals surface area contributed by atoms with Crippen molar-refractivity contribution in [1.82, 2.24) is 31.5 Å². The summed E-state index contributed by atoms with van der Waals surface area (Å²) in [6, 6.07) is 11.2. The Labute approximate surface area is 255 Å². The fourth-order valence-corrected chi connectivity index (χ4v) is 5.23. The molecule has 2 atom stereocenters. The highest BCUT2D eigenvalue weighted by molar-refractivity contribution is 6.20. The van der Waals surface area contributed by atoms with Gasteiger partial charge in [-0.25, -0.2) is 14.2 Å². The first kappa shape index (κ1) is 27.7. The number of benzene rings is 1. The SMILES string of the molecule is O=C(NNC12C=CC(=N1)C=c1ccc([nH]1)=CC1=NC(=CC3N/C(=C\2)C(=Cc2ccc[nH]2)C3=O)C=C1)NC(=O)c1ccccc1F. The molecule has 1 saturated heterocycles. The number of amides is 3. The maximum Gasteiger partial charge on any atom is 0.336 e. The monoisotopic (exact) mass is 600 g/mol. The lowest BCUT2D eigenvalue weighted by atomic mass is 10.0. The van der Waals surface area contributed by atoms with Gasteiger partial charge in [-0.15, -0.1) is 0 Å². The van der Waals surface area contributed by atoms with Crippen LogP contribution in [0.4, 0.5) is 9.18 Å². The molecule has 2 unspecified atom stereocenters. The van der Waals surface area contributed by atoms with Gasteiger partial charge in [0.1, 0.15) is 11.9 Å². The zero-order valence-corrected chi connectivity index (χ0v) is 23.5. The predicted molar refractivity (Wildman–Crippen MR) is 167 cm³/mol. The highest BCUT2D eigenvalue weighted by Crippen LogP contribution is 2.29. The van der Waals surface area contributed by atoms with E-state index in [1.165, 1.54) is 18.2 Å². The quantitative estimate of drug-likeness (QED) is 0.199. The van der Waals surface area contributed by atoms with Crippen LogP contribution >= 0.6 is 0 Å². The molecule has 6 N–H and O–H groups in total. The maximum atomic E-state index is 14.1. The number of aromatic nitrogens is 2. The van der Waals surface area contributed by atoms with Crippen molar-refractivity contribution in [2.24, 2.45) is 9.98 Å². The number of allylic oxidation sites excluding steroid dienone is 4. The number of nitrogens with zero attached hydrogens (tertiary/aromatic N) is 2. The molecule has 45 heavy (non-hydrogen) atoms. The second kappa shape index (κ2) is 11.2. The Bertz CT molecular complexity index is 2100. The van der Waals surface area contributed by atoms with Gasteiger partial charge in [0.2, 0.25) is 0 Å². The molecule has 0 spiro atoms. The standard InChI is InChI=1S/C33H25FN8O3/c34-27-6-2-1-5-25(27)31(44)39-32(45)41-42-33-12-11-24(40-33)15-22-8-7-20(36-22)14-21-9-10-23(37-21)17-28-30(43)26(29(18-33)38-28)16-19-4-3-13-35-19/h1-18,28,35-36,38,42H,(H2,39,41,44,45)/b20-14?,22-15?,23-17?,26-16?,29-18-. The van der Waals surface area contributed by atoms with Crippen molar-refractivity contribution in [3.63, 3.8) is 0 Å². The molecule has 2 aromatic heterocycles. The van der Waals surface area contributed by atoms with Crippen molar-refractivity contribution in [2.45, 2.75) is 11.7 Å². The number of Topliss-reactive ketones (excluding diaryl/α,β-unsaturated/α-hetero) is 1. The first-order valence-corrected chi connectivity index (χ1v) is 14.0. The van der Waals surface area contributed by atoms with Crippen molar-refractivity contribution in [1.29, 1.82) is 0 Å². The number of carbonyl (C=O) groups excluding carboxylic acids is 3. The molecule has 8 bridgehead atoms. The van der Waals surface area contributed by atoms with E-state index in [2.05, 4.69) is 36.4 Å². The number of rotatable bonds is 4. The van der Waals surface area contributed by atoms with Crippen molar-refractivity contribution >= 4 is 47.4 Å². The van der Waals surface area contributed by atoms with E-state index in [1.807, 2.05) is 48.6 Å². The normalized spacial score (nSPS) is 23.3. The van der Waals surface area contributed by atoms with Gasteiger partial charge >= 0.3 is 6.03 Å². The third kappa shape index (κ3) is 5.77. The molecule has 7 rings (SSSR count). The Balaban J connectivity index is 1.28. The van der Waals surface area contributed by atoms with Gasteiger partial charge in [-0.2, -0.15) is 5.43 Å². The third-order valence-electron chi connectivity index (χ3n) is 7.34. The summed E-state index contributed by atoms with van der Waals surface area (Å²) < 4.78 is 14.1. The summed E-state index contributed by atoms with van der Waals surface area (Å²) in [4.78, 5) is 54.9. The summed E-state index contributed by atoms with van der Waals surface area (Å²) in [6.07, 6.45) is 17.8. The summed E-state index contributed by atoms with van der Waals surface area (Å²) in [5.41, 5.74) is 7.13. The van der Waals surface area contributed by atoms with Crippen LogP contribution in [0, 0.1) is 5.82 Å². The molecular weight excluding hydrogens is 575 g/mol. The minimum Gasteiger partial charge on any atom is -0.371 e. The number of hydrazine groups is 1. The van der Waals surface area contributed by atoms with Gasteiger partial charge in [-0.3, -0.25) is 25.3 Å². The molecule has 11 nitrogen and oxygen atoms in total. The number of ketones is 1. The van der Waals surface area contributed by atoms with E-state index in [9.17, 15) is 18.8 Å². The minimum atomic E-state index is -1.39. The van der Waals surface area contributed by atoms with Crippen molar-refractivity contribution in [2.75, 3.05) is 0 Å². The number of imide groups is 1. The number of halogens is 1. The van der Waals surface area contributed by atoms with E-state index in [0.717, 1.165) is 22.5 Å². The van der Waals surface area contributed by atoms with Gasteiger partial charge in [0.15, 0.2) is 11.4 Å². The van der Waals surface area contributed by atoms with Gasteiger partial charge in [0.25, 0.3) is 5.91 Å². The first-order chi connectivity index (χ1) is 21.8. The largest absolute Gasteiger partial charge is 0.371 e. The van der Waals surface area contributed by atoms with Crippen LogP contribution in [0.3, 0.4) is 0 Å². The number of urea groups is 1. The summed E-state index contributed by atoms with van der Waals surface area (Å²) in [5, 5.41) is 7.00. The number of aromatic amines is 2. The average Bonchev–Trinajstić information content (AvgIpc) is 3.86. The number of hydrogen-bond donors (Lipinski definition) is 6. The molecule has 1 aromatic carbocycles. The van der Waals surface area contributed by atoms with Crippen LogP contribution in [0.2, 0.25) is 0 Å². The summed E-state index contributed by atoms with van der Waals surface area (Å²) in [5.74, 6) is -1.86. The van der Waals surface area contributed by atoms with E-state index >= 15 is 0 Å². The van der Waals surface area contributed by atoms with E-state index in [-0.39, 0.29) is 11.3 Å². The highest BCUT2D eigenvalue weighted by atomic mass is 19.1. The van der Waals surface area contributed by atoms with Crippen molar-refractivity contribution < 1.29 is 18.8 Å². The van der Waals surface area contributed by atoms with Crippen LogP contribution in [-0.2, 0) is 4.79 Å². The van der Waals surface area contributed by atoms with E-state index in [4.69, 9.17) is 4.99 Å². The lowest BCUT2D eigenvalue weighted by molar-refractivity contribution is -0.114. The molecule has 3 amide bonds. The Morgan fingerprint density at radius 3 is 2.60 bits per heavy atom. The van der Waals surface area contributed by atoms with E-state index in [0.29, 0.717) is 28.4 Å². The molecule has 0 radical (unpaired) electrons. The highest BCUT2D eigenvalue weighted by Gasteiger charge is 2.37. The molecule has 222 valence electrons. The van der Waals surface area contributed by atoms with Crippen LogP contribution in [0.1, 0.15) is 16.1 Å². The second-order valence-corrected chi connectivity index (χ2v) is 10.6. The van der Waals surface area contributed by atoms with Crippen molar-refractivity contribution in [3.05, 3.63) is 136 Å². The Morgan fingerprint density at radius 1 is 0.978 bits per heavy atom. The van der Waals surface area contributed by atoms with Crippen molar-refractivity contribution in [3.8, 4) is 0 Å². The molecule has 4 aliphatic rings. The molecule has 3 aromatic rings. The fourth-order valence-electron chi connectivity index (χ4n) is 5.23. The van der Waals surface area contributed by atoms with Gasteiger partial charge in [-0.05, 0) is 91.1 Å². The molecule has 4 aliphatic heterocycles. The van der Waals surface area contributed by atoms with Crippen LogP contribution < -0.4 is 32.2 Å². The topological polar surface area (TPSA) is 156 Å². The molecule has 1 fully saturated rings. The van der Waals surface area contributed by atoms with Gasteiger partial charge < -0.3 is 15.3 Å². The number of hydrogen-bond acceptors (Lipinski definition) is 7. The summed E-state index contributed by atoms with van der Waals surface area (Å²) >= 11 is 0. The maximum absolute atomic E-state index is 14.1. The van der Waals surface area contributed by atoms with Gasteiger partial charge in [0.05, 0.1) is 22.7 Å². The van der Waals surface area contributed by atoms with Gasteiger partial charge in [-0.1, -0.05) is 12.1 Å². The zero-order valence-electron chi connectivity index (χ0n) is 23.5. The minimum absolute atomic E-state index is 0.184. The third-order valence-corrected chi connectivity index (χ3v) is 7.34. The van der Waals surface area contributed by atoms with Crippen LogP contribution in [0.5, 0.6) is 0 Å². The number of nitrogens with one attached hydrogen (secondary N) is 6. The lowest BCUT2D eigenvalue weighted by Crippen LogP contribution is -2.54. The fraction of sp³-hybridized carbons (Fsp3) is 0.0606. The first-order valence-electron chi connectivity index (χ1n) is 14.0. The Hall–Kier alpha value is -6.14. The predicted octanol–water partition coefficient (Wildman–Crippen LogP) is 1.81. The average molecular weight is 601 g/mol. The van der Waals surface area contributed by atoms with Crippen LogP contribution in [0.25, 0.3) is 18.2 Å². The number of carbonyl (C=O) groups is 3. The van der Waals surface area contributed by atoms with E-state index < -0.39 is 29.5 Å². The number of aliphatic imine (C=N–C) groups is 2. The molecule has 0 aliphatic carbocycles. The molecule has 0 saturated carbocycles. The Morgan fingerprint density at radius 2 is 1.80 bits per heavy atom. The van der Waals surface area contributed by atoms with Crippen LogP contribution in [0.15, 0.2) is 118 Å². The second-order valence-electron chi connectivity index (χ2n) is 10.6. The zero-order chi connectivity index (χ0) is 31.0. The number of fused-ring (bicyclic) bond motifs is 6. The smallest absolute Gasteiger partial charge is 0.336 e. The summed E-state index contributed by atoms with van der Waals surface area (Å²) in [6.45, 7) is 0. The van der Waals surface area contributed by atoms with Gasteiger partial charge in [0, 0.05) is 33.9 Å². The molecular formula is C33H25FN8O3. The van der Waals surface area contributed by atoms with Crippen LogP contribution in [-0.4, -0.2) is 50.8 Å².